The number of guanidine groups is 1. The lowest BCUT2D eigenvalue weighted by Gasteiger charge is -2.15. The third-order valence-corrected chi connectivity index (χ3v) is 4.86. The molecule has 0 spiro atoms. The number of ether oxygens (including phenoxy) is 1. The lowest BCUT2D eigenvalue weighted by molar-refractivity contribution is -0.0504. The Balaban J connectivity index is 0.00000288. The standard InChI is InChI=1S/C16H23F2N3OS.HI/c1-2-19-16(21-11-13-7-5-9-23-13)20-10-12-6-3-4-8-14(12)22-15(17)18;/h3-4,6,8,13,15H,2,5,7,9-11H2,1H3,(H2,19,20,21);1H. The number of alkyl halides is 2. The second-order valence-electron chi connectivity index (χ2n) is 5.20. The van der Waals surface area contributed by atoms with Crippen molar-refractivity contribution in [1.29, 1.82) is 0 Å². The highest BCUT2D eigenvalue weighted by Gasteiger charge is 2.15. The van der Waals surface area contributed by atoms with Crippen LogP contribution in [0.25, 0.3) is 0 Å². The summed E-state index contributed by atoms with van der Waals surface area (Å²) in [6, 6.07) is 6.74. The summed E-state index contributed by atoms with van der Waals surface area (Å²) in [4.78, 5) is 4.47. The average Bonchev–Trinajstić information content (AvgIpc) is 3.04. The van der Waals surface area contributed by atoms with Gasteiger partial charge in [-0.25, -0.2) is 4.99 Å². The lowest BCUT2D eigenvalue weighted by atomic mass is 10.2. The molecule has 1 aliphatic heterocycles. The summed E-state index contributed by atoms with van der Waals surface area (Å²) in [6.45, 7) is 1.07. The molecule has 4 nitrogen and oxygen atoms in total. The number of aliphatic imine (C=N–C) groups is 1. The van der Waals surface area contributed by atoms with Crippen molar-refractivity contribution in [3.63, 3.8) is 0 Å². The van der Waals surface area contributed by atoms with Gasteiger partial charge in [-0.15, -0.1) is 24.0 Å². The van der Waals surface area contributed by atoms with Crippen molar-refractivity contribution < 1.29 is 13.5 Å². The van der Waals surface area contributed by atoms with E-state index in [9.17, 15) is 8.78 Å². The molecule has 1 unspecified atom stereocenters. The maximum Gasteiger partial charge on any atom is 0.387 e. The van der Waals surface area contributed by atoms with Crippen molar-refractivity contribution in [3.05, 3.63) is 29.8 Å². The fourth-order valence-corrected chi connectivity index (χ4v) is 3.57. The van der Waals surface area contributed by atoms with Crippen LogP contribution in [0.1, 0.15) is 25.3 Å². The Kier molecular flexibility index (Phi) is 10.4. The van der Waals surface area contributed by atoms with Gasteiger partial charge in [0.15, 0.2) is 5.96 Å². The molecule has 1 heterocycles. The molecule has 0 amide bonds. The Labute approximate surface area is 163 Å². The summed E-state index contributed by atoms with van der Waals surface area (Å²) in [5.74, 6) is 2.10. The highest BCUT2D eigenvalue weighted by molar-refractivity contribution is 14.0. The first kappa shape index (κ1) is 21.3. The maximum atomic E-state index is 12.4. The molecule has 2 rings (SSSR count). The maximum absolute atomic E-state index is 12.4. The van der Waals surface area contributed by atoms with E-state index in [0.717, 1.165) is 13.1 Å². The number of para-hydroxylation sites is 1. The third-order valence-electron chi connectivity index (χ3n) is 3.46. The van der Waals surface area contributed by atoms with Crippen LogP contribution in [-0.2, 0) is 6.54 Å². The van der Waals surface area contributed by atoms with Gasteiger partial charge in [-0.2, -0.15) is 20.5 Å². The molecule has 0 radical (unpaired) electrons. The Morgan fingerprint density at radius 1 is 1.38 bits per heavy atom. The SMILES string of the molecule is CCNC(=NCc1ccccc1OC(F)F)NCC1CCCS1.I. The molecule has 1 fully saturated rings. The molecule has 0 aliphatic carbocycles. The van der Waals surface area contributed by atoms with Crippen LogP contribution in [-0.4, -0.2) is 36.7 Å². The first-order valence-electron chi connectivity index (χ1n) is 7.85. The summed E-state index contributed by atoms with van der Waals surface area (Å²) in [5, 5.41) is 7.12. The van der Waals surface area contributed by atoms with E-state index in [2.05, 4.69) is 20.4 Å². The molecule has 1 aromatic carbocycles. The van der Waals surface area contributed by atoms with E-state index >= 15 is 0 Å². The van der Waals surface area contributed by atoms with Crippen LogP contribution in [0, 0.1) is 0 Å². The van der Waals surface area contributed by atoms with Gasteiger partial charge in [0.25, 0.3) is 0 Å². The molecule has 1 saturated heterocycles. The molecule has 0 bridgehead atoms. The molecule has 0 aromatic heterocycles. The van der Waals surface area contributed by atoms with Crippen LogP contribution >= 0.6 is 35.7 Å². The topological polar surface area (TPSA) is 45.7 Å². The molecule has 24 heavy (non-hydrogen) atoms. The smallest absolute Gasteiger partial charge is 0.387 e. The van der Waals surface area contributed by atoms with Gasteiger partial charge in [-0.1, -0.05) is 18.2 Å². The van der Waals surface area contributed by atoms with E-state index in [4.69, 9.17) is 0 Å². The van der Waals surface area contributed by atoms with Crippen LogP contribution in [0.4, 0.5) is 8.78 Å². The summed E-state index contributed by atoms with van der Waals surface area (Å²) in [5.41, 5.74) is 0.639. The quantitative estimate of drug-likeness (QED) is 0.360. The Hall–Kier alpha value is -0.770. The van der Waals surface area contributed by atoms with Crippen molar-refractivity contribution in [1.82, 2.24) is 10.6 Å². The van der Waals surface area contributed by atoms with Gasteiger partial charge in [-0.3, -0.25) is 0 Å². The third kappa shape index (κ3) is 7.42. The van der Waals surface area contributed by atoms with E-state index < -0.39 is 6.61 Å². The highest BCUT2D eigenvalue weighted by Crippen LogP contribution is 2.25. The van der Waals surface area contributed by atoms with Gasteiger partial charge in [-0.05, 0) is 31.6 Å². The van der Waals surface area contributed by atoms with Crippen molar-refractivity contribution >= 4 is 41.7 Å². The number of rotatable bonds is 7. The summed E-state index contributed by atoms with van der Waals surface area (Å²) in [7, 11) is 0. The van der Waals surface area contributed by atoms with Gasteiger partial charge in [0, 0.05) is 23.9 Å². The Morgan fingerprint density at radius 2 is 2.17 bits per heavy atom. The lowest BCUT2D eigenvalue weighted by Crippen LogP contribution is -2.40. The number of hydrogen-bond acceptors (Lipinski definition) is 3. The molecule has 0 saturated carbocycles. The largest absolute Gasteiger partial charge is 0.434 e. The second-order valence-corrected chi connectivity index (χ2v) is 6.61. The minimum atomic E-state index is -2.83. The van der Waals surface area contributed by atoms with Crippen molar-refractivity contribution in [3.8, 4) is 5.75 Å². The van der Waals surface area contributed by atoms with Crippen LogP contribution in [0.15, 0.2) is 29.3 Å². The molecule has 1 aromatic rings. The van der Waals surface area contributed by atoms with E-state index in [-0.39, 0.29) is 36.3 Å². The minimum Gasteiger partial charge on any atom is -0.434 e. The first-order chi connectivity index (χ1) is 11.2. The molecular formula is C16H24F2IN3OS. The van der Waals surface area contributed by atoms with Gasteiger partial charge < -0.3 is 15.4 Å². The summed E-state index contributed by atoms with van der Waals surface area (Å²) < 4.78 is 29.4. The predicted octanol–water partition coefficient (Wildman–Crippen LogP) is 3.86. The minimum absolute atomic E-state index is 0. The normalized spacial score (nSPS) is 17.5. The number of benzene rings is 1. The Bertz CT molecular complexity index is 514. The zero-order chi connectivity index (χ0) is 16.5. The van der Waals surface area contributed by atoms with Crippen molar-refractivity contribution in [2.75, 3.05) is 18.8 Å². The molecule has 1 aliphatic rings. The summed E-state index contributed by atoms with van der Waals surface area (Å²) in [6.07, 6.45) is 2.49. The fraction of sp³-hybridized carbons (Fsp3) is 0.562. The van der Waals surface area contributed by atoms with Crippen molar-refractivity contribution in [2.45, 2.75) is 38.2 Å². The zero-order valence-electron chi connectivity index (χ0n) is 13.6. The summed E-state index contributed by atoms with van der Waals surface area (Å²) >= 11 is 1.98. The van der Waals surface area contributed by atoms with Crippen molar-refractivity contribution in [2.24, 2.45) is 4.99 Å². The van der Waals surface area contributed by atoms with E-state index in [0.29, 0.717) is 16.8 Å². The molecular weight excluding hydrogens is 447 g/mol. The number of nitrogens with zero attached hydrogens (tertiary/aromatic N) is 1. The van der Waals surface area contributed by atoms with Crippen LogP contribution in [0.3, 0.4) is 0 Å². The van der Waals surface area contributed by atoms with Gasteiger partial charge >= 0.3 is 6.61 Å². The van der Waals surface area contributed by atoms with E-state index in [1.54, 1.807) is 18.2 Å². The molecule has 136 valence electrons. The molecule has 8 heteroatoms. The number of hydrogen-bond donors (Lipinski definition) is 2. The fourth-order valence-electron chi connectivity index (χ4n) is 2.37. The van der Waals surface area contributed by atoms with Gasteiger partial charge in [0.2, 0.25) is 0 Å². The average molecular weight is 471 g/mol. The van der Waals surface area contributed by atoms with Crippen LogP contribution in [0.5, 0.6) is 5.75 Å². The zero-order valence-corrected chi connectivity index (χ0v) is 16.8. The van der Waals surface area contributed by atoms with Gasteiger partial charge in [0.05, 0.1) is 6.54 Å². The molecule has 1 atom stereocenters. The first-order valence-corrected chi connectivity index (χ1v) is 8.90. The number of halogens is 3. The van der Waals surface area contributed by atoms with E-state index in [1.807, 2.05) is 18.7 Å². The second kappa shape index (κ2) is 11.7. The Morgan fingerprint density at radius 3 is 2.83 bits per heavy atom. The molecule has 2 N–H and O–H groups in total. The number of nitrogens with one attached hydrogen (secondary N) is 2. The van der Waals surface area contributed by atoms with Gasteiger partial charge in [0.1, 0.15) is 5.75 Å². The van der Waals surface area contributed by atoms with E-state index in [1.165, 1.54) is 24.7 Å². The monoisotopic (exact) mass is 471 g/mol. The number of thioether (sulfide) groups is 1. The van der Waals surface area contributed by atoms with Crippen LogP contribution in [0.2, 0.25) is 0 Å². The van der Waals surface area contributed by atoms with Crippen LogP contribution < -0.4 is 15.4 Å². The highest BCUT2D eigenvalue weighted by atomic mass is 127. The predicted molar refractivity (Wildman–Crippen MR) is 107 cm³/mol.